The highest BCUT2D eigenvalue weighted by atomic mass is 79.9. The van der Waals surface area contributed by atoms with Crippen molar-refractivity contribution in [2.24, 2.45) is 0 Å². The van der Waals surface area contributed by atoms with E-state index < -0.39 is 0 Å². The molecule has 1 aromatic carbocycles. The molecule has 0 saturated heterocycles. The highest BCUT2D eigenvalue weighted by Crippen LogP contribution is 2.17. The molecule has 1 aromatic rings. The summed E-state index contributed by atoms with van der Waals surface area (Å²) >= 11 is 5.28. The van der Waals surface area contributed by atoms with Crippen LogP contribution >= 0.6 is 27.7 Å². The topological polar surface area (TPSA) is 29.1 Å². The lowest BCUT2D eigenvalue weighted by atomic mass is 10.1. The fraction of sp³-hybridized carbons (Fsp3) is 0.462. The lowest BCUT2D eigenvalue weighted by Gasteiger charge is -2.06. The first-order valence-corrected chi connectivity index (χ1v) is 7.87. The second kappa shape index (κ2) is 7.77. The van der Waals surface area contributed by atoms with E-state index in [1.807, 2.05) is 36.9 Å². The number of aryl methyl sites for hydroxylation is 1. The van der Waals surface area contributed by atoms with Gasteiger partial charge in [0.05, 0.1) is 0 Å². The fourth-order valence-corrected chi connectivity index (χ4v) is 2.28. The van der Waals surface area contributed by atoms with Gasteiger partial charge in [0.1, 0.15) is 0 Å². The normalized spacial score (nSPS) is 10.3. The number of nitrogens with one attached hydrogen (secondary N) is 1. The number of thioether (sulfide) groups is 1. The molecule has 17 heavy (non-hydrogen) atoms. The SMILES string of the molecule is CSCCCCNC(=O)c1ccc(C)c(Br)c1. The van der Waals surface area contributed by atoms with E-state index in [4.69, 9.17) is 0 Å². The molecule has 1 rings (SSSR count). The fourth-order valence-electron chi connectivity index (χ4n) is 1.41. The van der Waals surface area contributed by atoms with Gasteiger partial charge in [0.25, 0.3) is 5.91 Å². The first kappa shape index (κ1) is 14.6. The zero-order valence-electron chi connectivity index (χ0n) is 10.3. The Balaban J connectivity index is 2.39. The number of hydrogen-bond donors (Lipinski definition) is 1. The summed E-state index contributed by atoms with van der Waals surface area (Å²) < 4.78 is 0.979. The van der Waals surface area contributed by atoms with Crippen LogP contribution in [-0.4, -0.2) is 24.5 Å². The average molecular weight is 316 g/mol. The van der Waals surface area contributed by atoms with Crippen LogP contribution in [0.1, 0.15) is 28.8 Å². The van der Waals surface area contributed by atoms with Crippen LogP contribution in [0.4, 0.5) is 0 Å². The third kappa shape index (κ3) is 5.13. The lowest BCUT2D eigenvalue weighted by molar-refractivity contribution is 0.0953. The van der Waals surface area contributed by atoms with Gasteiger partial charge in [0.2, 0.25) is 0 Å². The van der Waals surface area contributed by atoms with Crippen molar-refractivity contribution in [1.82, 2.24) is 5.32 Å². The van der Waals surface area contributed by atoms with E-state index in [9.17, 15) is 4.79 Å². The molecule has 0 heterocycles. The predicted octanol–water partition coefficient (Wildman–Crippen LogP) is 3.63. The minimum Gasteiger partial charge on any atom is -0.352 e. The van der Waals surface area contributed by atoms with Crippen molar-refractivity contribution < 1.29 is 4.79 Å². The maximum atomic E-state index is 11.8. The van der Waals surface area contributed by atoms with Crippen LogP contribution in [0.15, 0.2) is 22.7 Å². The molecule has 4 heteroatoms. The van der Waals surface area contributed by atoms with Crippen LogP contribution in [0.5, 0.6) is 0 Å². The van der Waals surface area contributed by atoms with Crippen molar-refractivity contribution in [1.29, 1.82) is 0 Å². The van der Waals surface area contributed by atoms with Crippen molar-refractivity contribution in [2.45, 2.75) is 19.8 Å². The number of carbonyl (C=O) groups is 1. The number of unbranched alkanes of at least 4 members (excludes halogenated alkanes) is 1. The molecule has 0 saturated carbocycles. The number of carbonyl (C=O) groups excluding carboxylic acids is 1. The number of hydrogen-bond acceptors (Lipinski definition) is 2. The van der Waals surface area contributed by atoms with E-state index in [1.54, 1.807) is 0 Å². The highest BCUT2D eigenvalue weighted by Gasteiger charge is 2.05. The Kier molecular flexibility index (Phi) is 6.66. The monoisotopic (exact) mass is 315 g/mol. The Bertz CT molecular complexity index is 382. The maximum absolute atomic E-state index is 11.8. The Morgan fingerprint density at radius 2 is 2.18 bits per heavy atom. The molecule has 0 fully saturated rings. The summed E-state index contributed by atoms with van der Waals surface area (Å²) in [6, 6.07) is 5.68. The number of benzene rings is 1. The zero-order chi connectivity index (χ0) is 12.7. The van der Waals surface area contributed by atoms with Crippen molar-refractivity contribution in [3.8, 4) is 0 Å². The van der Waals surface area contributed by atoms with Crippen molar-refractivity contribution >= 4 is 33.6 Å². The van der Waals surface area contributed by atoms with Gasteiger partial charge in [-0.25, -0.2) is 0 Å². The maximum Gasteiger partial charge on any atom is 0.251 e. The van der Waals surface area contributed by atoms with Crippen molar-refractivity contribution in [3.63, 3.8) is 0 Å². The summed E-state index contributed by atoms with van der Waals surface area (Å²) in [7, 11) is 0. The van der Waals surface area contributed by atoms with Gasteiger partial charge in [-0.1, -0.05) is 22.0 Å². The van der Waals surface area contributed by atoms with Gasteiger partial charge in [-0.15, -0.1) is 0 Å². The second-order valence-electron chi connectivity index (χ2n) is 3.92. The summed E-state index contributed by atoms with van der Waals surface area (Å²) in [5.74, 6) is 1.17. The van der Waals surface area contributed by atoms with Gasteiger partial charge < -0.3 is 5.32 Å². The molecule has 0 aromatic heterocycles. The second-order valence-corrected chi connectivity index (χ2v) is 5.76. The minimum atomic E-state index is 0.00912. The molecule has 0 atom stereocenters. The van der Waals surface area contributed by atoms with E-state index in [0.717, 1.165) is 35.2 Å². The molecule has 0 aliphatic heterocycles. The molecule has 2 nitrogen and oxygen atoms in total. The zero-order valence-corrected chi connectivity index (χ0v) is 12.7. The summed E-state index contributed by atoms with van der Waals surface area (Å²) in [5, 5.41) is 2.94. The van der Waals surface area contributed by atoms with E-state index in [0.29, 0.717) is 5.56 Å². The number of rotatable bonds is 6. The highest BCUT2D eigenvalue weighted by molar-refractivity contribution is 9.10. The minimum absolute atomic E-state index is 0.00912. The molecule has 0 unspecified atom stereocenters. The van der Waals surface area contributed by atoms with Gasteiger partial charge in [0, 0.05) is 16.6 Å². The van der Waals surface area contributed by atoms with Crippen LogP contribution in [0.3, 0.4) is 0 Å². The van der Waals surface area contributed by atoms with Crippen molar-refractivity contribution in [3.05, 3.63) is 33.8 Å². The molecule has 0 aliphatic carbocycles. The van der Waals surface area contributed by atoms with Gasteiger partial charge in [0.15, 0.2) is 0 Å². The predicted molar refractivity (Wildman–Crippen MR) is 78.8 cm³/mol. The van der Waals surface area contributed by atoms with Gasteiger partial charge in [-0.05, 0) is 49.5 Å². The van der Waals surface area contributed by atoms with E-state index in [-0.39, 0.29) is 5.91 Å². The molecular weight excluding hydrogens is 298 g/mol. The summed E-state index contributed by atoms with van der Waals surface area (Å²) in [6.45, 7) is 2.76. The smallest absolute Gasteiger partial charge is 0.251 e. The quantitative estimate of drug-likeness (QED) is 0.812. The first-order chi connectivity index (χ1) is 8.15. The standard InChI is InChI=1S/C13H18BrNOS/c1-10-5-6-11(9-12(10)14)13(16)15-7-3-4-8-17-2/h5-6,9H,3-4,7-8H2,1-2H3,(H,15,16). The van der Waals surface area contributed by atoms with Crippen LogP contribution in [0.25, 0.3) is 0 Å². The number of halogens is 1. The average Bonchev–Trinajstić information content (AvgIpc) is 2.32. The summed E-state index contributed by atoms with van der Waals surface area (Å²) in [4.78, 5) is 11.8. The van der Waals surface area contributed by atoms with Crippen LogP contribution in [0, 0.1) is 6.92 Å². The molecule has 94 valence electrons. The van der Waals surface area contributed by atoms with Crippen LogP contribution < -0.4 is 5.32 Å². The van der Waals surface area contributed by atoms with Crippen LogP contribution in [-0.2, 0) is 0 Å². The molecule has 0 bridgehead atoms. The van der Waals surface area contributed by atoms with Gasteiger partial charge >= 0.3 is 0 Å². The molecule has 0 radical (unpaired) electrons. The largest absolute Gasteiger partial charge is 0.352 e. The van der Waals surface area contributed by atoms with E-state index >= 15 is 0 Å². The Morgan fingerprint density at radius 1 is 1.41 bits per heavy atom. The van der Waals surface area contributed by atoms with Gasteiger partial charge in [-0.3, -0.25) is 4.79 Å². The molecule has 0 spiro atoms. The lowest BCUT2D eigenvalue weighted by Crippen LogP contribution is -2.24. The Hall–Kier alpha value is -0.480. The third-order valence-electron chi connectivity index (χ3n) is 2.49. The molecular formula is C13H18BrNOS. The molecule has 1 amide bonds. The van der Waals surface area contributed by atoms with E-state index in [1.165, 1.54) is 0 Å². The summed E-state index contributed by atoms with van der Waals surface area (Å²) in [5.41, 5.74) is 1.86. The number of amides is 1. The Morgan fingerprint density at radius 3 is 2.82 bits per heavy atom. The first-order valence-electron chi connectivity index (χ1n) is 5.68. The molecule has 0 aliphatic rings. The Labute approximate surface area is 116 Å². The van der Waals surface area contributed by atoms with Gasteiger partial charge in [-0.2, -0.15) is 11.8 Å². The van der Waals surface area contributed by atoms with E-state index in [2.05, 4.69) is 27.5 Å². The van der Waals surface area contributed by atoms with Crippen LogP contribution in [0.2, 0.25) is 0 Å². The van der Waals surface area contributed by atoms with Crippen molar-refractivity contribution in [2.75, 3.05) is 18.6 Å². The third-order valence-corrected chi connectivity index (χ3v) is 4.05. The molecule has 1 N–H and O–H groups in total. The summed E-state index contributed by atoms with van der Waals surface area (Å²) in [6.07, 6.45) is 4.29.